The number of carbonyl (C=O) groups excluding carboxylic acids is 3. The number of aldehydes is 1. The molecule has 3 aromatic rings. The number of ketones is 2. The number of carbonyl (C=O) groups is 3. The number of fused-ring (bicyclic) bond motifs is 2. The second-order valence-corrected chi connectivity index (χ2v) is 6.47. The van der Waals surface area contributed by atoms with Crippen molar-refractivity contribution in [3.63, 3.8) is 0 Å². The van der Waals surface area contributed by atoms with E-state index in [9.17, 15) is 14.4 Å². The Morgan fingerprint density at radius 1 is 0.759 bits per heavy atom. The molecule has 0 saturated carbocycles. The van der Waals surface area contributed by atoms with Gasteiger partial charge in [-0.3, -0.25) is 14.4 Å². The van der Waals surface area contributed by atoms with E-state index in [4.69, 9.17) is 9.47 Å². The first kappa shape index (κ1) is 18.4. The summed E-state index contributed by atoms with van der Waals surface area (Å²) in [7, 11) is 2.94. The second-order valence-electron chi connectivity index (χ2n) is 6.47. The highest BCUT2D eigenvalue weighted by Crippen LogP contribution is 2.38. The van der Waals surface area contributed by atoms with Crippen molar-refractivity contribution in [3.05, 3.63) is 82.4 Å². The van der Waals surface area contributed by atoms with E-state index in [1.165, 1.54) is 14.2 Å². The maximum absolute atomic E-state index is 13.1. The predicted octanol–water partition coefficient (Wildman–Crippen LogP) is 4.04. The Kier molecular flexibility index (Phi) is 4.60. The number of nitrogens with one attached hydrogen (secondary N) is 1. The van der Waals surface area contributed by atoms with E-state index in [-0.39, 0.29) is 11.6 Å². The van der Waals surface area contributed by atoms with Gasteiger partial charge in [-0.05, 0) is 12.1 Å². The molecule has 0 radical (unpaired) electrons. The second kappa shape index (κ2) is 7.24. The van der Waals surface area contributed by atoms with Crippen LogP contribution in [0.2, 0.25) is 0 Å². The van der Waals surface area contributed by atoms with Gasteiger partial charge >= 0.3 is 0 Å². The zero-order chi connectivity index (χ0) is 20.5. The van der Waals surface area contributed by atoms with Gasteiger partial charge in [0.15, 0.2) is 17.9 Å². The molecule has 144 valence electrons. The number of hydrogen-bond donors (Lipinski definition) is 1. The van der Waals surface area contributed by atoms with Crippen LogP contribution < -0.4 is 14.8 Å². The highest BCUT2D eigenvalue weighted by atomic mass is 16.5. The van der Waals surface area contributed by atoms with Crippen LogP contribution in [0.5, 0.6) is 11.5 Å². The van der Waals surface area contributed by atoms with Crippen LogP contribution in [0.4, 0.5) is 11.4 Å². The van der Waals surface area contributed by atoms with Gasteiger partial charge in [0.1, 0.15) is 11.5 Å². The zero-order valence-corrected chi connectivity index (χ0v) is 15.8. The molecule has 0 fully saturated rings. The first-order valence-electron chi connectivity index (χ1n) is 8.88. The van der Waals surface area contributed by atoms with Crippen molar-refractivity contribution < 1.29 is 23.9 Å². The number of hydrogen-bond acceptors (Lipinski definition) is 6. The fraction of sp³-hybridized carbons (Fsp3) is 0.0870. The Hall–Kier alpha value is -3.93. The van der Waals surface area contributed by atoms with Crippen LogP contribution in [-0.4, -0.2) is 32.1 Å². The zero-order valence-electron chi connectivity index (χ0n) is 15.8. The van der Waals surface area contributed by atoms with Crippen LogP contribution in [0.1, 0.15) is 42.2 Å². The van der Waals surface area contributed by atoms with Crippen LogP contribution in [0.15, 0.2) is 54.6 Å². The third-order valence-corrected chi connectivity index (χ3v) is 4.90. The minimum atomic E-state index is -0.228. The lowest BCUT2D eigenvalue weighted by Gasteiger charge is -2.21. The molecule has 0 bridgehead atoms. The lowest BCUT2D eigenvalue weighted by atomic mass is 9.83. The average Bonchev–Trinajstić information content (AvgIpc) is 2.77. The molecular weight excluding hydrogens is 370 g/mol. The van der Waals surface area contributed by atoms with Crippen LogP contribution in [0.25, 0.3) is 0 Å². The predicted molar refractivity (Wildman–Crippen MR) is 108 cm³/mol. The van der Waals surface area contributed by atoms with Gasteiger partial charge in [0.05, 0.1) is 36.7 Å². The van der Waals surface area contributed by atoms with Gasteiger partial charge < -0.3 is 14.8 Å². The van der Waals surface area contributed by atoms with Gasteiger partial charge in [-0.1, -0.05) is 36.4 Å². The fourth-order valence-electron chi connectivity index (χ4n) is 3.51. The molecule has 6 heteroatoms. The Bertz CT molecular complexity index is 1170. The molecule has 29 heavy (non-hydrogen) atoms. The first-order chi connectivity index (χ1) is 14.1. The Morgan fingerprint density at radius 3 is 2.07 bits per heavy atom. The van der Waals surface area contributed by atoms with Crippen molar-refractivity contribution in [1.82, 2.24) is 0 Å². The standard InChI is InChI=1S/C23H17NO5/c1-28-19-11-18(20(29-2)10-13(19)12-25)24-17-9-5-8-16-21(17)23(27)15-7-4-3-6-14(15)22(16)26/h3-12,24H,1-2H3. The molecule has 1 aliphatic rings. The van der Waals surface area contributed by atoms with Crippen LogP contribution in [0.3, 0.4) is 0 Å². The van der Waals surface area contributed by atoms with Crippen molar-refractivity contribution in [2.24, 2.45) is 0 Å². The molecule has 0 amide bonds. The van der Waals surface area contributed by atoms with Crippen molar-refractivity contribution >= 4 is 29.2 Å². The summed E-state index contributed by atoms with van der Waals surface area (Å²) in [5, 5.41) is 3.17. The number of rotatable bonds is 5. The molecular formula is C23H17NO5. The lowest BCUT2D eigenvalue weighted by molar-refractivity contribution is 0.0979. The van der Waals surface area contributed by atoms with Gasteiger partial charge in [0.25, 0.3) is 0 Å². The van der Waals surface area contributed by atoms with E-state index in [1.807, 2.05) is 0 Å². The van der Waals surface area contributed by atoms with Crippen molar-refractivity contribution in [1.29, 1.82) is 0 Å². The monoisotopic (exact) mass is 387 g/mol. The summed E-state index contributed by atoms with van der Waals surface area (Å²) in [4.78, 5) is 37.3. The Labute approximate surface area is 167 Å². The molecule has 0 saturated heterocycles. The van der Waals surface area contributed by atoms with Crippen molar-refractivity contribution in [2.75, 3.05) is 19.5 Å². The minimum Gasteiger partial charge on any atom is -0.496 e. The molecule has 1 aliphatic carbocycles. The average molecular weight is 387 g/mol. The Morgan fingerprint density at radius 2 is 1.41 bits per heavy atom. The summed E-state index contributed by atoms with van der Waals surface area (Å²) in [6.45, 7) is 0. The third kappa shape index (κ3) is 2.95. The van der Waals surface area contributed by atoms with E-state index in [0.717, 1.165) is 0 Å². The third-order valence-electron chi connectivity index (χ3n) is 4.90. The highest BCUT2D eigenvalue weighted by molar-refractivity contribution is 6.30. The number of anilines is 2. The molecule has 0 atom stereocenters. The van der Waals surface area contributed by atoms with Crippen molar-refractivity contribution in [3.8, 4) is 11.5 Å². The topological polar surface area (TPSA) is 81.7 Å². The van der Waals surface area contributed by atoms with Crippen LogP contribution in [-0.2, 0) is 0 Å². The summed E-state index contributed by atoms with van der Waals surface area (Å²) in [5.41, 5.74) is 2.73. The van der Waals surface area contributed by atoms with Gasteiger partial charge in [-0.2, -0.15) is 0 Å². The summed E-state index contributed by atoms with van der Waals surface area (Å²) in [6.07, 6.45) is 0.675. The quantitative estimate of drug-likeness (QED) is 0.521. The maximum atomic E-state index is 13.1. The highest BCUT2D eigenvalue weighted by Gasteiger charge is 2.31. The fourth-order valence-corrected chi connectivity index (χ4v) is 3.51. The molecule has 0 aromatic heterocycles. The van der Waals surface area contributed by atoms with E-state index in [2.05, 4.69) is 5.32 Å². The first-order valence-corrected chi connectivity index (χ1v) is 8.88. The smallest absolute Gasteiger partial charge is 0.196 e. The van der Waals surface area contributed by atoms with Crippen LogP contribution >= 0.6 is 0 Å². The van der Waals surface area contributed by atoms with E-state index >= 15 is 0 Å². The molecule has 1 N–H and O–H groups in total. The molecule has 0 spiro atoms. The number of methoxy groups -OCH3 is 2. The lowest BCUT2D eigenvalue weighted by Crippen LogP contribution is -2.22. The van der Waals surface area contributed by atoms with Gasteiger partial charge in [-0.25, -0.2) is 0 Å². The molecule has 6 nitrogen and oxygen atoms in total. The Balaban J connectivity index is 1.85. The summed E-state index contributed by atoms with van der Waals surface area (Å²) in [6, 6.07) is 15.0. The normalized spacial score (nSPS) is 12.1. The van der Waals surface area contributed by atoms with E-state index in [1.54, 1.807) is 54.6 Å². The molecule has 4 rings (SSSR count). The van der Waals surface area contributed by atoms with Crippen molar-refractivity contribution in [2.45, 2.75) is 0 Å². The summed E-state index contributed by atoms with van der Waals surface area (Å²) < 4.78 is 10.6. The van der Waals surface area contributed by atoms with Gasteiger partial charge in [-0.15, -0.1) is 0 Å². The van der Waals surface area contributed by atoms with E-state index in [0.29, 0.717) is 57.0 Å². The van der Waals surface area contributed by atoms with Gasteiger partial charge in [0.2, 0.25) is 0 Å². The van der Waals surface area contributed by atoms with Gasteiger partial charge in [0, 0.05) is 22.8 Å². The molecule has 0 heterocycles. The minimum absolute atomic E-state index is 0.195. The molecule has 0 aliphatic heterocycles. The largest absolute Gasteiger partial charge is 0.496 e. The molecule has 0 unspecified atom stereocenters. The SMILES string of the molecule is COc1cc(Nc2cccc3c2C(=O)c2ccccc2C3=O)c(OC)cc1C=O. The summed E-state index contributed by atoms with van der Waals surface area (Å²) >= 11 is 0. The van der Waals surface area contributed by atoms with E-state index < -0.39 is 0 Å². The number of benzene rings is 3. The summed E-state index contributed by atoms with van der Waals surface area (Å²) in [5.74, 6) is 0.342. The van der Waals surface area contributed by atoms with Crippen LogP contribution in [0, 0.1) is 0 Å². The number of ether oxygens (including phenoxy) is 2. The maximum Gasteiger partial charge on any atom is 0.196 e. The molecule has 3 aromatic carbocycles.